The predicted octanol–water partition coefficient (Wildman–Crippen LogP) is -0.132. The summed E-state index contributed by atoms with van der Waals surface area (Å²) in [5.74, 6) is -1.64. The fourth-order valence-corrected chi connectivity index (χ4v) is 3.41. The van der Waals surface area contributed by atoms with Crippen molar-refractivity contribution in [2.45, 2.75) is 24.3 Å². The van der Waals surface area contributed by atoms with Gasteiger partial charge in [0.15, 0.2) is 0 Å². The molecule has 1 amide bonds. The smallest absolute Gasteiger partial charge is 0.321 e. The summed E-state index contributed by atoms with van der Waals surface area (Å²) in [6.45, 7) is 1.59. The van der Waals surface area contributed by atoms with Gasteiger partial charge in [0, 0.05) is 27.3 Å². The predicted molar refractivity (Wildman–Crippen MR) is 75.5 cm³/mol. The van der Waals surface area contributed by atoms with Gasteiger partial charge in [0.1, 0.15) is 16.6 Å². The fourth-order valence-electron chi connectivity index (χ4n) is 1.95. The summed E-state index contributed by atoms with van der Waals surface area (Å²) in [5.41, 5.74) is 0.174. The first-order valence-electron chi connectivity index (χ1n) is 6.26. The molecule has 0 radical (unpaired) electrons. The Morgan fingerprint density at radius 1 is 1.48 bits per heavy atom. The quantitative estimate of drug-likeness (QED) is 0.759. The van der Waals surface area contributed by atoms with Gasteiger partial charge in [0.2, 0.25) is 10.0 Å². The summed E-state index contributed by atoms with van der Waals surface area (Å²) in [5, 5.41) is 11.5. The Morgan fingerprint density at radius 3 is 2.48 bits per heavy atom. The highest BCUT2D eigenvalue weighted by Crippen LogP contribution is 2.20. The van der Waals surface area contributed by atoms with Crippen LogP contribution in [0.5, 0.6) is 0 Å². The van der Waals surface area contributed by atoms with Crippen molar-refractivity contribution < 1.29 is 23.1 Å². The Hall–Kier alpha value is -1.87. The third-order valence-corrected chi connectivity index (χ3v) is 5.06. The lowest BCUT2D eigenvalue weighted by Crippen LogP contribution is -2.41. The van der Waals surface area contributed by atoms with Gasteiger partial charge in [-0.05, 0) is 12.5 Å². The Bertz CT molecular complexity index is 650. The number of nitrogens with zero attached hydrogens (tertiary/aromatic N) is 2. The van der Waals surface area contributed by atoms with Crippen LogP contribution >= 0.6 is 0 Å². The number of rotatable bonds is 6. The highest BCUT2D eigenvalue weighted by Gasteiger charge is 2.32. The number of amides is 1. The summed E-state index contributed by atoms with van der Waals surface area (Å²) in [6.07, 6.45) is 1.42. The highest BCUT2D eigenvalue weighted by molar-refractivity contribution is 7.89. The maximum Gasteiger partial charge on any atom is 0.321 e. The van der Waals surface area contributed by atoms with Crippen LogP contribution in [0.2, 0.25) is 0 Å². The van der Waals surface area contributed by atoms with Crippen molar-refractivity contribution in [3.8, 4) is 0 Å². The van der Waals surface area contributed by atoms with Gasteiger partial charge in [0.05, 0.1) is 0 Å². The Balaban J connectivity index is 3.25. The largest absolute Gasteiger partial charge is 0.480 e. The number of nitrogens with one attached hydrogen (secondary N) is 1. The minimum atomic E-state index is -3.99. The van der Waals surface area contributed by atoms with E-state index >= 15 is 0 Å². The first-order chi connectivity index (χ1) is 9.66. The maximum absolute atomic E-state index is 12.4. The van der Waals surface area contributed by atoms with Crippen molar-refractivity contribution in [3.05, 3.63) is 18.0 Å². The molecule has 0 spiro atoms. The van der Waals surface area contributed by atoms with Gasteiger partial charge < -0.3 is 15.0 Å². The third-order valence-electron chi connectivity index (χ3n) is 3.23. The van der Waals surface area contributed by atoms with E-state index in [1.165, 1.54) is 38.0 Å². The van der Waals surface area contributed by atoms with Crippen LogP contribution < -0.4 is 5.32 Å². The monoisotopic (exact) mass is 317 g/mol. The zero-order valence-corrected chi connectivity index (χ0v) is 13.1. The number of carboxylic acids is 1. The van der Waals surface area contributed by atoms with Crippen LogP contribution in [-0.4, -0.2) is 54.4 Å². The maximum atomic E-state index is 12.4. The van der Waals surface area contributed by atoms with Crippen molar-refractivity contribution in [3.63, 3.8) is 0 Å². The molecule has 1 unspecified atom stereocenters. The average molecular weight is 317 g/mol. The number of aryl methyl sites for hydroxylation is 1. The van der Waals surface area contributed by atoms with E-state index in [0.717, 1.165) is 4.31 Å². The van der Waals surface area contributed by atoms with Crippen LogP contribution in [0.1, 0.15) is 23.8 Å². The number of likely N-dealkylation sites (N-methyl/N-ethyl adjacent to an activating group) is 1. The topological polar surface area (TPSA) is 109 Å². The molecule has 0 aromatic carbocycles. The summed E-state index contributed by atoms with van der Waals surface area (Å²) in [4.78, 5) is 22.6. The standard InChI is InChI=1S/C12H19N3O5S/c1-5-9(12(17)18)15(4)21(19,20)8-6-10(11(16)13-2)14(3)7-8/h6-7,9H,5H2,1-4H3,(H,13,16)(H,17,18). The molecule has 0 fully saturated rings. The molecule has 1 atom stereocenters. The molecule has 1 aromatic heterocycles. The second kappa shape index (κ2) is 6.27. The summed E-state index contributed by atoms with van der Waals surface area (Å²) >= 11 is 0. The van der Waals surface area contributed by atoms with Gasteiger partial charge in [-0.2, -0.15) is 4.31 Å². The number of hydrogen-bond donors (Lipinski definition) is 2. The zero-order valence-electron chi connectivity index (χ0n) is 12.3. The molecule has 0 aliphatic rings. The SMILES string of the molecule is CCC(C(=O)O)N(C)S(=O)(=O)c1cc(C(=O)NC)n(C)c1. The third kappa shape index (κ3) is 3.24. The summed E-state index contributed by atoms with van der Waals surface area (Å²) in [7, 11) is 0.203. The molecule has 9 heteroatoms. The summed E-state index contributed by atoms with van der Waals surface area (Å²) in [6, 6.07) is 0.0674. The van der Waals surface area contributed by atoms with E-state index in [1.54, 1.807) is 6.92 Å². The van der Waals surface area contributed by atoms with Gasteiger partial charge in [0.25, 0.3) is 5.91 Å². The minimum Gasteiger partial charge on any atom is -0.480 e. The van der Waals surface area contributed by atoms with Gasteiger partial charge >= 0.3 is 5.97 Å². The molecule has 1 rings (SSSR count). The summed E-state index contributed by atoms with van der Waals surface area (Å²) < 4.78 is 27.0. The Kier molecular flexibility index (Phi) is 5.13. The Labute approximate surface area is 123 Å². The van der Waals surface area contributed by atoms with Gasteiger partial charge in [-0.3, -0.25) is 9.59 Å². The molecular formula is C12H19N3O5S. The average Bonchev–Trinajstić information content (AvgIpc) is 2.80. The highest BCUT2D eigenvalue weighted by atomic mass is 32.2. The first-order valence-corrected chi connectivity index (χ1v) is 7.70. The van der Waals surface area contributed by atoms with Gasteiger partial charge in [-0.25, -0.2) is 8.42 Å². The van der Waals surface area contributed by atoms with E-state index in [1.807, 2.05) is 0 Å². The normalized spacial score (nSPS) is 13.2. The molecule has 2 N–H and O–H groups in total. The number of hydrogen-bond acceptors (Lipinski definition) is 4. The molecule has 8 nitrogen and oxygen atoms in total. The number of aromatic nitrogens is 1. The van der Waals surface area contributed by atoms with Crippen LogP contribution in [0, 0.1) is 0 Å². The molecule has 0 saturated heterocycles. The molecule has 0 saturated carbocycles. The number of sulfonamides is 1. The molecule has 0 aliphatic carbocycles. The number of carbonyl (C=O) groups is 2. The lowest BCUT2D eigenvalue weighted by Gasteiger charge is -2.22. The van der Waals surface area contributed by atoms with E-state index in [-0.39, 0.29) is 17.0 Å². The molecule has 1 aromatic rings. The van der Waals surface area contributed by atoms with E-state index in [4.69, 9.17) is 5.11 Å². The number of carbonyl (C=O) groups excluding carboxylic acids is 1. The van der Waals surface area contributed by atoms with E-state index in [9.17, 15) is 18.0 Å². The molecule has 0 bridgehead atoms. The van der Waals surface area contributed by atoms with Crippen LogP contribution in [0.15, 0.2) is 17.2 Å². The molecule has 1 heterocycles. The lowest BCUT2D eigenvalue weighted by atomic mass is 10.2. The van der Waals surface area contributed by atoms with Crippen LogP contribution in [0.3, 0.4) is 0 Å². The second-order valence-corrected chi connectivity index (χ2v) is 6.53. The van der Waals surface area contributed by atoms with Crippen molar-refractivity contribution in [1.82, 2.24) is 14.2 Å². The van der Waals surface area contributed by atoms with Gasteiger partial charge in [-0.1, -0.05) is 6.92 Å². The van der Waals surface area contributed by atoms with E-state index < -0.39 is 27.9 Å². The van der Waals surface area contributed by atoms with Crippen LogP contribution in [0.25, 0.3) is 0 Å². The fraction of sp³-hybridized carbons (Fsp3) is 0.500. The van der Waals surface area contributed by atoms with Crippen molar-refractivity contribution in [1.29, 1.82) is 0 Å². The molecule has 21 heavy (non-hydrogen) atoms. The molecule has 118 valence electrons. The second-order valence-electron chi connectivity index (χ2n) is 4.53. The lowest BCUT2D eigenvalue weighted by molar-refractivity contribution is -0.141. The van der Waals surface area contributed by atoms with Crippen molar-refractivity contribution >= 4 is 21.9 Å². The molecule has 0 aliphatic heterocycles. The zero-order chi connectivity index (χ0) is 16.4. The van der Waals surface area contributed by atoms with E-state index in [0.29, 0.717) is 0 Å². The van der Waals surface area contributed by atoms with Gasteiger partial charge in [-0.15, -0.1) is 0 Å². The number of carboxylic acid groups (broad SMARTS) is 1. The first kappa shape index (κ1) is 17.2. The Morgan fingerprint density at radius 2 is 2.05 bits per heavy atom. The molecular weight excluding hydrogens is 298 g/mol. The van der Waals surface area contributed by atoms with Crippen molar-refractivity contribution in [2.24, 2.45) is 7.05 Å². The number of aliphatic carboxylic acids is 1. The van der Waals surface area contributed by atoms with E-state index in [2.05, 4.69) is 5.32 Å². The van der Waals surface area contributed by atoms with Crippen LogP contribution in [0.4, 0.5) is 0 Å². The van der Waals surface area contributed by atoms with Crippen LogP contribution in [-0.2, 0) is 21.9 Å². The van der Waals surface area contributed by atoms with Crippen molar-refractivity contribution in [2.75, 3.05) is 14.1 Å². The minimum absolute atomic E-state index is 0.120.